The predicted molar refractivity (Wildman–Crippen MR) is 65.3 cm³/mol. The lowest BCUT2D eigenvalue weighted by Crippen LogP contribution is -2.09. The molecule has 0 saturated heterocycles. The number of pyridine rings is 1. The Labute approximate surface area is 99.5 Å². The number of aromatic nitrogens is 1. The van der Waals surface area contributed by atoms with Crippen LogP contribution in [0.15, 0.2) is 42.7 Å². The molecule has 3 nitrogen and oxygen atoms in total. The summed E-state index contributed by atoms with van der Waals surface area (Å²) in [5.74, 6) is 0.447. The maximum absolute atomic E-state index is 12.8. The molecule has 4 heteroatoms. The topological polar surface area (TPSA) is 25.4 Å². The summed E-state index contributed by atoms with van der Waals surface area (Å²) < 4.78 is 17.9. The van der Waals surface area contributed by atoms with Gasteiger partial charge >= 0.3 is 0 Å². The minimum absolute atomic E-state index is 0.245. The van der Waals surface area contributed by atoms with E-state index in [1.807, 2.05) is 18.0 Å². The van der Waals surface area contributed by atoms with Crippen LogP contribution >= 0.6 is 0 Å². The predicted octanol–water partition coefficient (Wildman–Crippen LogP) is 3.00. The maximum atomic E-state index is 12.8. The molecule has 1 heterocycles. The Kier molecular flexibility index (Phi) is 3.23. The fourth-order valence-electron chi connectivity index (χ4n) is 1.52. The van der Waals surface area contributed by atoms with Crippen molar-refractivity contribution in [3.8, 4) is 5.75 Å². The molecule has 0 aliphatic rings. The molecule has 0 aliphatic heterocycles. The van der Waals surface area contributed by atoms with Gasteiger partial charge in [-0.1, -0.05) is 0 Å². The van der Waals surface area contributed by atoms with Crippen molar-refractivity contribution in [3.63, 3.8) is 0 Å². The third-order valence-corrected chi connectivity index (χ3v) is 2.54. The molecule has 0 fully saturated rings. The second kappa shape index (κ2) is 4.82. The van der Waals surface area contributed by atoms with Crippen LogP contribution in [-0.4, -0.2) is 19.1 Å². The molecule has 0 bridgehead atoms. The number of halogens is 1. The Hall–Kier alpha value is -2.10. The van der Waals surface area contributed by atoms with Gasteiger partial charge in [0, 0.05) is 18.8 Å². The van der Waals surface area contributed by atoms with Crippen molar-refractivity contribution in [2.24, 2.45) is 0 Å². The molecule has 0 unspecified atom stereocenters. The lowest BCUT2D eigenvalue weighted by atomic mass is 10.2. The third kappa shape index (κ3) is 2.53. The molecule has 0 spiro atoms. The van der Waals surface area contributed by atoms with Crippen LogP contribution in [0.4, 0.5) is 15.8 Å². The van der Waals surface area contributed by atoms with E-state index in [1.165, 1.54) is 12.1 Å². The number of ether oxygens (including phenoxy) is 1. The summed E-state index contributed by atoms with van der Waals surface area (Å²) in [6.45, 7) is 0. The zero-order chi connectivity index (χ0) is 12.3. The fraction of sp³-hybridized carbons (Fsp3) is 0.154. The average molecular weight is 232 g/mol. The van der Waals surface area contributed by atoms with Crippen LogP contribution in [0.3, 0.4) is 0 Å². The summed E-state index contributed by atoms with van der Waals surface area (Å²) in [5.41, 5.74) is 1.78. The van der Waals surface area contributed by atoms with Crippen molar-refractivity contribution >= 4 is 11.4 Å². The second-order valence-electron chi connectivity index (χ2n) is 3.62. The number of benzene rings is 1. The number of nitrogens with zero attached hydrogens (tertiary/aromatic N) is 2. The molecule has 0 radical (unpaired) electrons. The molecular formula is C13H13FN2O. The molecule has 17 heavy (non-hydrogen) atoms. The van der Waals surface area contributed by atoms with E-state index in [9.17, 15) is 4.39 Å². The van der Waals surface area contributed by atoms with Gasteiger partial charge < -0.3 is 9.64 Å². The number of hydrogen-bond acceptors (Lipinski definition) is 3. The molecule has 0 atom stereocenters. The van der Waals surface area contributed by atoms with Gasteiger partial charge in [-0.25, -0.2) is 4.39 Å². The zero-order valence-electron chi connectivity index (χ0n) is 9.72. The highest BCUT2D eigenvalue weighted by Gasteiger charge is 2.05. The van der Waals surface area contributed by atoms with Crippen molar-refractivity contribution < 1.29 is 9.13 Å². The van der Waals surface area contributed by atoms with Gasteiger partial charge in [0.05, 0.1) is 25.2 Å². The zero-order valence-corrected chi connectivity index (χ0v) is 9.72. The Morgan fingerprint density at radius 1 is 1.12 bits per heavy atom. The van der Waals surface area contributed by atoms with Gasteiger partial charge in [-0.3, -0.25) is 4.98 Å². The average Bonchev–Trinajstić information content (AvgIpc) is 2.39. The third-order valence-electron chi connectivity index (χ3n) is 2.54. The molecule has 0 N–H and O–H groups in total. The molecule has 1 aromatic heterocycles. The summed E-state index contributed by atoms with van der Waals surface area (Å²) in [6.07, 6.45) is 3.37. The molecule has 2 aromatic rings. The van der Waals surface area contributed by atoms with Gasteiger partial charge in [0.2, 0.25) is 0 Å². The first-order chi connectivity index (χ1) is 8.20. The van der Waals surface area contributed by atoms with Crippen LogP contribution in [0.1, 0.15) is 0 Å². The summed E-state index contributed by atoms with van der Waals surface area (Å²) in [7, 11) is 3.49. The van der Waals surface area contributed by atoms with Gasteiger partial charge in [0.1, 0.15) is 11.6 Å². The quantitative estimate of drug-likeness (QED) is 0.813. The SMILES string of the molecule is COc1cncc(N(C)c2ccc(F)cc2)c1. The molecule has 1 aromatic carbocycles. The monoisotopic (exact) mass is 232 g/mol. The van der Waals surface area contributed by atoms with E-state index in [0.717, 1.165) is 11.4 Å². The molecule has 88 valence electrons. The first-order valence-corrected chi connectivity index (χ1v) is 5.19. The van der Waals surface area contributed by atoms with E-state index in [0.29, 0.717) is 5.75 Å². The normalized spacial score (nSPS) is 10.1. The number of anilines is 2. The van der Waals surface area contributed by atoms with Crippen LogP contribution in [0, 0.1) is 5.82 Å². The van der Waals surface area contributed by atoms with E-state index in [4.69, 9.17) is 4.74 Å². The molecule has 0 amide bonds. The Morgan fingerprint density at radius 3 is 2.47 bits per heavy atom. The van der Waals surface area contributed by atoms with Crippen molar-refractivity contribution in [3.05, 3.63) is 48.5 Å². The van der Waals surface area contributed by atoms with Crippen LogP contribution in [-0.2, 0) is 0 Å². The van der Waals surface area contributed by atoms with Gasteiger partial charge in [-0.05, 0) is 24.3 Å². The smallest absolute Gasteiger partial charge is 0.139 e. The summed E-state index contributed by atoms with van der Waals surface area (Å²) in [4.78, 5) is 5.99. The Balaban J connectivity index is 2.29. The van der Waals surface area contributed by atoms with Crippen molar-refractivity contribution in [2.45, 2.75) is 0 Å². The van der Waals surface area contributed by atoms with Gasteiger partial charge in [-0.2, -0.15) is 0 Å². The lowest BCUT2D eigenvalue weighted by molar-refractivity contribution is 0.413. The Morgan fingerprint density at radius 2 is 1.82 bits per heavy atom. The molecular weight excluding hydrogens is 219 g/mol. The second-order valence-corrected chi connectivity index (χ2v) is 3.62. The fourth-order valence-corrected chi connectivity index (χ4v) is 1.52. The van der Waals surface area contributed by atoms with E-state index in [-0.39, 0.29) is 5.82 Å². The molecule has 0 aliphatic carbocycles. The van der Waals surface area contributed by atoms with Crippen molar-refractivity contribution in [1.29, 1.82) is 0 Å². The molecule has 0 saturated carbocycles. The van der Waals surface area contributed by atoms with Gasteiger partial charge in [0.15, 0.2) is 0 Å². The number of hydrogen-bond donors (Lipinski definition) is 0. The summed E-state index contributed by atoms with van der Waals surface area (Å²) in [5, 5.41) is 0. The first-order valence-electron chi connectivity index (χ1n) is 5.19. The van der Waals surface area contributed by atoms with Crippen molar-refractivity contribution in [1.82, 2.24) is 4.98 Å². The molecule has 2 rings (SSSR count). The van der Waals surface area contributed by atoms with Crippen LogP contribution < -0.4 is 9.64 Å². The largest absolute Gasteiger partial charge is 0.495 e. The van der Waals surface area contributed by atoms with E-state index in [1.54, 1.807) is 31.6 Å². The maximum Gasteiger partial charge on any atom is 0.139 e. The van der Waals surface area contributed by atoms with Gasteiger partial charge in [-0.15, -0.1) is 0 Å². The number of rotatable bonds is 3. The first kappa shape index (κ1) is 11.4. The lowest BCUT2D eigenvalue weighted by Gasteiger charge is -2.19. The highest BCUT2D eigenvalue weighted by Crippen LogP contribution is 2.25. The Bertz CT molecular complexity index is 499. The standard InChI is InChI=1S/C13H13FN2O/c1-16(11-5-3-10(14)4-6-11)12-7-13(17-2)9-15-8-12/h3-9H,1-2H3. The van der Waals surface area contributed by atoms with Crippen LogP contribution in [0.25, 0.3) is 0 Å². The minimum Gasteiger partial charge on any atom is -0.495 e. The summed E-state index contributed by atoms with van der Waals surface area (Å²) in [6, 6.07) is 8.17. The van der Waals surface area contributed by atoms with Crippen LogP contribution in [0.2, 0.25) is 0 Å². The van der Waals surface area contributed by atoms with Crippen LogP contribution in [0.5, 0.6) is 5.75 Å². The van der Waals surface area contributed by atoms with E-state index in [2.05, 4.69) is 4.98 Å². The highest BCUT2D eigenvalue weighted by atomic mass is 19.1. The van der Waals surface area contributed by atoms with Gasteiger partial charge in [0.25, 0.3) is 0 Å². The minimum atomic E-state index is -0.245. The summed E-state index contributed by atoms with van der Waals surface area (Å²) >= 11 is 0. The van der Waals surface area contributed by atoms with E-state index >= 15 is 0 Å². The van der Waals surface area contributed by atoms with Crippen molar-refractivity contribution in [2.75, 3.05) is 19.1 Å². The number of methoxy groups -OCH3 is 1. The highest BCUT2D eigenvalue weighted by molar-refractivity contribution is 5.62. The van der Waals surface area contributed by atoms with E-state index < -0.39 is 0 Å².